The molecule has 8 nitrogen and oxygen atoms in total. The first-order chi connectivity index (χ1) is 15.1. The average Bonchev–Trinajstić information content (AvgIpc) is 2.73. The fourth-order valence-electron chi connectivity index (χ4n) is 3.75. The van der Waals surface area contributed by atoms with Gasteiger partial charge in [-0.15, -0.1) is 0 Å². The first kappa shape index (κ1) is 22.2. The van der Waals surface area contributed by atoms with Crippen molar-refractivity contribution in [3.63, 3.8) is 0 Å². The SMILES string of the molecule is Cc1ccc2c(=O)cc(C(=O)Nc3ccc(S(=O)(=O)N4CC(C)OC(C)C4)cc3)oc2c1. The summed E-state index contributed by atoms with van der Waals surface area (Å²) in [6.45, 7) is 6.10. The van der Waals surface area contributed by atoms with Gasteiger partial charge in [-0.05, 0) is 62.7 Å². The highest BCUT2D eigenvalue weighted by molar-refractivity contribution is 7.89. The van der Waals surface area contributed by atoms with E-state index in [0.29, 0.717) is 16.7 Å². The lowest BCUT2D eigenvalue weighted by Gasteiger charge is -2.34. The molecule has 0 saturated carbocycles. The molecule has 0 spiro atoms. The lowest BCUT2D eigenvalue weighted by atomic mass is 10.1. The van der Waals surface area contributed by atoms with E-state index in [9.17, 15) is 18.0 Å². The van der Waals surface area contributed by atoms with Crippen molar-refractivity contribution in [2.45, 2.75) is 37.9 Å². The van der Waals surface area contributed by atoms with Gasteiger partial charge in [-0.3, -0.25) is 9.59 Å². The van der Waals surface area contributed by atoms with E-state index < -0.39 is 15.9 Å². The van der Waals surface area contributed by atoms with Crippen LogP contribution in [0.3, 0.4) is 0 Å². The Morgan fingerprint density at radius 2 is 1.69 bits per heavy atom. The summed E-state index contributed by atoms with van der Waals surface area (Å²) in [7, 11) is -3.68. The van der Waals surface area contributed by atoms with Crippen LogP contribution in [0, 0.1) is 6.92 Å². The third-order valence-corrected chi connectivity index (χ3v) is 7.09. The maximum absolute atomic E-state index is 13.0. The number of carbonyl (C=O) groups excluding carboxylic acids is 1. The molecule has 0 radical (unpaired) electrons. The molecule has 3 aromatic rings. The van der Waals surface area contributed by atoms with Gasteiger partial charge in [0.25, 0.3) is 5.91 Å². The molecule has 1 aliphatic rings. The monoisotopic (exact) mass is 456 g/mol. The van der Waals surface area contributed by atoms with E-state index in [4.69, 9.17) is 9.15 Å². The molecule has 0 aliphatic carbocycles. The molecular formula is C23H24N2O6S. The van der Waals surface area contributed by atoms with Gasteiger partial charge in [0.05, 0.1) is 22.5 Å². The Morgan fingerprint density at radius 1 is 1.03 bits per heavy atom. The molecule has 2 heterocycles. The maximum Gasteiger partial charge on any atom is 0.291 e. The van der Waals surface area contributed by atoms with Crippen molar-refractivity contribution >= 4 is 32.6 Å². The fraction of sp³-hybridized carbons (Fsp3) is 0.304. The number of ether oxygens (including phenoxy) is 1. The van der Waals surface area contributed by atoms with Gasteiger partial charge in [-0.2, -0.15) is 4.31 Å². The third-order valence-electron chi connectivity index (χ3n) is 5.24. The lowest BCUT2D eigenvalue weighted by Crippen LogP contribution is -2.48. The number of aryl methyl sites for hydroxylation is 1. The van der Waals surface area contributed by atoms with Gasteiger partial charge >= 0.3 is 0 Å². The molecule has 9 heteroatoms. The Labute approximate surface area is 185 Å². The Hall–Kier alpha value is -3.01. The van der Waals surface area contributed by atoms with Crippen molar-refractivity contribution in [2.75, 3.05) is 18.4 Å². The normalized spacial score (nSPS) is 19.7. The van der Waals surface area contributed by atoms with E-state index in [1.54, 1.807) is 18.2 Å². The Balaban J connectivity index is 1.53. The zero-order valence-electron chi connectivity index (χ0n) is 18.0. The number of sulfonamides is 1. The van der Waals surface area contributed by atoms with Gasteiger partial charge in [0, 0.05) is 24.8 Å². The molecule has 2 unspecified atom stereocenters. The van der Waals surface area contributed by atoms with Crippen LogP contribution < -0.4 is 10.7 Å². The highest BCUT2D eigenvalue weighted by atomic mass is 32.2. The molecular weight excluding hydrogens is 432 g/mol. The smallest absolute Gasteiger partial charge is 0.291 e. The molecule has 32 heavy (non-hydrogen) atoms. The molecule has 1 saturated heterocycles. The number of nitrogens with zero attached hydrogens (tertiary/aromatic N) is 1. The summed E-state index contributed by atoms with van der Waals surface area (Å²) in [6, 6.07) is 12.2. The third kappa shape index (κ3) is 4.45. The van der Waals surface area contributed by atoms with Crippen LogP contribution in [0.4, 0.5) is 5.69 Å². The first-order valence-electron chi connectivity index (χ1n) is 10.2. The number of benzene rings is 2. The summed E-state index contributed by atoms with van der Waals surface area (Å²) in [5, 5.41) is 3.03. The van der Waals surface area contributed by atoms with Crippen molar-refractivity contribution in [2.24, 2.45) is 0 Å². The minimum Gasteiger partial charge on any atom is -0.451 e. The van der Waals surface area contributed by atoms with E-state index in [1.807, 2.05) is 20.8 Å². The maximum atomic E-state index is 13.0. The van der Waals surface area contributed by atoms with E-state index in [2.05, 4.69) is 5.32 Å². The standard InChI is InChI=1S/C23H24N2O6S/c1-14-4-9-19-20(26)11-22(31-21(19)10-14)23(27)24-17-5-7-18(8-6-17)32(28,29)25-12-15(2)30-16(3)13-25/h4-11,15-16H,12-13H2,1-3H3,(H,24,27). The second kappa shape index (κ2) is 8.50. The molecule has 1 fully saturated rings. The largest absolute Gasteiger partial charge is 0.451 e. The summed E-state index contributed by atoms with van der Waals surface area (Å²) in [6.07, 6.45) is -0.375. The van der Waals surface area contributed by atoms with Gasteiger partial charge in [0.15, 0.2) is 11.2 Å². The van der Waals surface area contributed by atoms with Gasteiger partial charge < -0.3 is 14.5 Å². The number of hydrogen-bond acceptors (Lipinski definition) is 6. The number of nitrogens with one attached hydrogen (secondary N) is 1. The Morgan fingerprint density at radius 3 is 2.34 bits per heavy atom. The van der Waals surface area contributed by atoms with Crippen molar-refractivity contribution in [3.05, 3.63) is 70.1 Å². The van der Waals surface area contributed by atoms with Crippen LogP contribution in [0.1, 0.15) is 30.0 Å². The summed E-state index contributed by atoms with van der Waals surface area (Å²) in [5.41, 5.74) is 1.30. The molecule has 1 amide bonds. The highest BCUT2D eigenvalue weighted by Crippen LogP contribution is 2.23. The van der Waals surface area contributed by atoms with Crippen molar-refractivity contribution in [3.8, 4) is 0 Å². The van der Waals surface area contributed by atoms with E-state index in [1.165, 1.54) is 28.6 Å². The molecule has 2 atom stereocenters. The van der Waals surface area contributed by atoms with E-state index >= 15 is 0 Å². The predicted molar refractivity (Wildman–Crippen MR) is 120 cm³/mol. The lowest BCUT2D eigenvalue weighted by molar-refractivity contribution is -0.0440. The van der Waals surface area contributed by atoms with E-state index in [0.717, 1.165) is 11.6 Å². The molecule has 168 valence electrons. The van der Waals surface area contributed by atoms with Crippen LogP contribution in [0.5, 0.6) is 0 Å². The first-order valence-corrected chi connectivity index (χ1v) is 11.7. The number of amides is 1. The van der Waals surface area contributed by atoms with Crippen LogP contribution in [0.25, 0.3) is 11.0 Å². The van der Waals surface area contributed by atoms with Crippen LogP contribution in [-0.4, -0.2) is 43.9 Å². The number of anilines is 1. The number of rotatable bonds is 4. The Kier molecular flexibility index (Phi) is 5.89. The summed E-state index contributed by atoms with van der Waals surface area (Å²) in [5.74, 6) is -0.724. The van der Waals surface area contributed by atoms with Crippen LogP contribution in [0.2, 0.25) is 0 Å². The number of fused-ring (bicyclic) bond motifs is 1. The predicted octanol–water partition coefficient (Wildman–Crippen LogP) is 3.15. The van der Waals surface area contributed by atoms with Gasteiger partial charge in [-0.25, -0.2) is 8.42 Å². The summed E-state index contributed by atoms with van der Waals surface area (Å²) < 4.78 is 38.5. The van der Waals surface area contributed by atoms with Crippen molar-refractivity contribution in [1.29, 1.82) is 0 Å². The molecule has 1 N–H and O–H groups in total. The fourth-order valence-corrected chi connectivity index (χ4v) is 5.34. The minimum absolute atomic E-state index is 0.124. The van der Waals surface area contributed by atoms with Gasteiger partial charge in [0.1, 0.15) is 5.58 Å². The number of carbonyl (C=O) groups is 1. The number of hydrogen-bond donors (Lipinski definition) is 1. The zero-order valence-corrected chi connectivity index (χ0v) is 18.8. The topological polar surface area (TPSA) is 106 Å². The Bertz CT molecular complexity index is 1320. The summed E-state index contributed by atoms with van der Waals surface area (Å²) >= 11 is 0. The second-order valence-corrected chi connectivity index (χ2v) is 9.97. The molecule has 1 aliphatic heterocycles. The van der Waals surface area contributed by atoms with Gasteiger partial charge in [-0.1, -0.05) is 6.07 Å². The second-order valence-electron chi connectivity index (χ2n) is 8.03. The van der Waals surface area contributed by atoms with Crippen molar-refractivity contribution in [1.82, 2.24) is 4.31 Å². The minimum atomic E-state index is -3.68. The summed E-state index contributed by atoms with van der Waals surface area (Å²) in [4.78, 5) is 25.0. The zero-order chi connectivity index (χ0) is 23.0. The van der Waals surface area contributed by atoms with Crippen LogP contribution in [0.15, 0.2) is 62.6 Å². The molecule has 0 bridgehead atoms. The highest BCUT2D eigenvalue weighted by Gasteiger charge is 2.32. The molecule has 1 aromatic heterocycles. The van der Waals surface area contributed by atoms with E-state index in [-0.39, 0.29) is 41.4 Å². The molecule has 2 aromatic carbocycles. The van der Waals surface area contributed by atoms with Crippen LogP contribution >= 0.6 is 0 Å². The van der Waals surface area contributed by atoms with Crippen LogP contribution in [-0.2, 0) is 14.8 Å². The van der Waals surface area contributed by atoms with Crippen molar-refractivity contribution < 1.29 is 22.4 Å². The van der Waals surface area contributed by atoms with Gasteiger partial charge in [0.2, 0.25) is 10.0 Å². The molecule has 4 rings (SSSR count). The number of morpholine rings is 1. The quantitative estimate of drug-likeness (QED) is 0.647. The average molecular weight is 457 g/mol.